The summed E-state index contributed by atoms with van der Waals surface area (Å²) in [6, 6.07) is 0. The van der Waals surface area contributed by atoms with Gasteiger partial charge in [0.1, 0.15) is 0 Å². The third-order valence-corrected chi connectivity index (χ3v) is 2.29. The summed E-state index contributed by atoms with van der Waals surface area (Å²) >= 11 is 11.1. The molecular weight excluding hydrogens is 225 g/mol. The zero-order chi connectivity index (χ0) is 11.0. The molecule has 0 saturated carbocycles. The van der Waals surface area contributed by atoms with Crippen LogP contribution in [0.4, 0.5) is 0 Å². The Bertz CT molecular complexity index is 207. The second-order valence-corrected chi connectivity index (χ2v) is 3.68. The summed E-state index contributed by atoms with van der Waals surface area (Å²) in [4.78, 5) is 12.8. The van der Waals surface area contributed by atoms with Crippen LogP contribution in [0.1, 0.15) is 12.8 Å². The number of carbonyl (C=O) groups excluding carboxylic acids is 1. The van der Waals surface area contributed by atoms with Crippen LogP contribution in [-0.2, 0) is 9.53 Å². The van der Waals surface area contributed by atoms with Crippen LogP contribution in [0.15, 0.2) is 10.6 Å². The van der Waals surface area contributed by atoms with Crippen molar-refractivity contribution < 1.29 is 9.53 Å². The number of rotatable bonds is 6. The smallest absolute Gasteiger partial charge is 0.305 e. The van der Waals surface area contributed by atoms with E-state index in [1.165, 1.54) is 12.6 Å². The van der Waals surface area contributed by atoms with Gasteiger partial charge in [0, 0.05) is 23.5 Å². The summed E-state index contributed by atoms with van der Waals surface area (Å²) in [5.74, 6) is -0.183. The van der Waals surface area contributed by atoms with E-state index in [1.807, 2.05) is 11.9 Å². The molecule has 0 aromatic heterocycles. The predicted octanol–water partition coefficient (Wildman–Crippen LogP) is 2.19. The van der Waals surface area contributed by atoms with Crippen LogP contribution in [0, 0.1) is 0 Å². The van der Waals surface area contributed by atoms with Gasteiger partial charge in [-0.05, 0) is 20.0 Å². The number of methoxy groups -OCH3 is 1. The fraction of sp³-hybridized carbons (Fsp3) is 0.667. The second kappa shape index (κ2) is 8.09. The summed E-state index contributed by atoms with van der Waals surface area (Å²) in [6.07, 6.45) is 1.19. The lowest BCUT2D eigenvalue weighted by atomic mass is 10.3. The molecule has 0 fully saturated rings. The Morgan fingerprint density at radius 1 is 1.57 bits per heavy atom. The van der Waals surface area contributed by atoms with Gasteiger partial charge in [0.15, 0.2) is 0 Å². The summed E-state index contributed by atoms with van der Waals surface area (Å²) in [6.45, 7) is 1.39. The van der Waals surface area contributed by atoms with E-state index in [4.69, 9.17) is 23.2 Å². The highest BCUT2D eigenvalue weighted by molar-refractivity contribution is 6.36. The van der Waals surface area contributed by atoms with Crippen molar-refractivity contribution in [1.29, 1.82) is 0 Å². The minimum Gasteiger partial charge on any atom is -0.469 e. The van der Waals surface area contributed by atoms with Crippen LogP contribution in [0.2, 0.25) is 0 Å². The van der Waals surface area contributed by atoms with E-state index >= 15 is 0 Å². The first kappa shape index (κ1) is 13.8. The summed E-state index contributed by atoms with van der Waals surface area (Å²) in [5, 5.41) is 0.590. The minimum atomic E-state index is -0.183. The van der Waals surface area contributed by atoms with Crippen molar-refractivity contribution in [2.24, 2.45) is 0 Å². The summed E-state index contributed by atoms with van der Waals surface area (Å²) < 4.78 is 4.52. The Morgan fingerprint density at radius 2 is 2.21 bits per heavy atom. The normalized spacial score (nSPS) is 11.9. The van der Waals surface area contributed by atoms with Crippen LogP contribution in [0.25, 0.3) is 0 Å². The van der Waals surface area contributed by atoms with E-state index in [1.54, 1.807) is 0 Å². The molecule has 0 aromatic rings. The molecule has 0 heterocycles. The van der Waals surface area contributed by atoms with E-state index in [0.717, 1.165) is 13.0 Å². The van der Waals surface area contributed by atoms with Crippen molar-refractivity contribution in [1.82, 2.24) is 4.90 Å². The van der Waals surface area contributed by atoms with Crippen LogP contribution in [0.3, 0.4) is 0 Å². The zero-order valence-corrected chi connectivity index (χ0v) is 9.94. The van der Waals surface area contributed by atoms with Gasteiger partial charge in [0.25, 0.3) is 0 Å². The molecule has 0 amide bonds. The molecule has 0 atom stereocenters. The molecule has 0 aliphatic carbocycles. The molecule has 82 valence electrons. The molecule has 0 aromatic carbocycles. The molecular formula is C9H15Cl2NO2. The topological polar surface area (TPSA) is 29.5 Å². The predicted molar refractivity (Wildman–Crippen MR) is 58.5 cm³/mol. The molecule has 0 unspecified atom stereocenters. The fourth-order valence-corrected chi connectivity index (χ4v) is 1.24. The maximum absolute atomic E-state index is 10.8. The Morgan fingerprint density at radius 3 is 2.71 bits per heavy atom. The number of hydrogen-bond donors (Lipinski definition) is 0. The van der Waals surface area contributed by atoms with Crippen molar-refractivity contribution in [2.75, 3.05) is 27.2 Å². The summed E-state index contributed by atoms with van der Waals surface area (Å²) in [7, 11) is 3.30. The number of nitrogens with zero attached hydrogens (tertiary/aromatic N) is 1. The van der Waals surface area contributed by atoms with Crippen molar-refractivity contribution in [3.05, 3.63) is 10.6 Å². The maximum atomic E-state index is 10.8. The maximum Gasteiger partial charge on any atom is 0.305 e. The zero-order valence-electron chi connectivity index (χ0n) is 8.43. The van der Waals surface area contributed by atoms with Crippen LogP contribution < -0.4 is 0 Å². The van der Waals surface area contributed by atoms with Gasteiger partial charge in [0.2, 0.25) is 0 Å². The lowest BCUT2D eigenvalue weighted by Crippen LogP contribution is -2.21. The minimum absolute atomic E-state index is 0.183. The molecule has 0 saturated heterocycles. The van der Waals surface area contributed by atoms with Gasteiger partial charge < -0.3 is 9.64 Å². The molecule has 0 aliphatic rings. The van der Waals surface area contributed by atoms with Gasteiger partial charge >= 0.3 is 5.97 Å². The fourth-order valence-electron chi connectivity index (χ4n) is 0.967. The number of carbonyl (C=O) groups is 1. The molecule has 0 bridgehead atoms. The van der Waals surface area contributed by atoms with E-state index in [0.29, 0.717) is 18.0 Å². The highest BCUT2D eigenvalue weighted by Gasteiger charge is 2.03. The average molecular weight is 240 g/mol. The Labute approximate surface area is 94.6 Å². The first-order chi connectivity index (χ1) is 6.60. The van der Waals surface area contributed by atoms with Gasteiger partial charge in [-0.3, -0.25) is 4.79 Å². The second-order valence-electron chi connectivity index (χ2n) is 2.97. The van der Waals surface area contributed by atoms with E-state index < -0.39 is 0 Å². The number of halogens is 2. The van der Waals surface area contributed by atoms with Crippen molar-refractivity contribution in [3.63, 3.8) is 0 Å². The monoisotopic (exact) mass is 239 g/mol. The highest BCUT2D eigenvalue weighted by atomic mass is 35.5. The lowest BCUT2D eigenvalue weighted by Gasteiger charge is -2.14. The molecule has 0 N–H and O–H groups in total. The lowest BCUT2D eigenvalue weighted by molar-refractivity contribution is -0.140. The molecule has 5 heteroatoms. The van der Waals surface area contributed by atoms with Crippen molar-refractivity contribution in [3.8, 4) is 0 Å². The van der Waals surface area contributed by atoms with E-state index in [2.05, 4.69) is 4.74 Å². The van der Waals surface area contributed by atoms with Gasteiger partial charge in [0.05, 0.1) is 7.11 Å². The van der Waals surface area contributed by atoms with Gasteiger partial charge in [-0.15, -0.1) is 0 Å². The number of hydrogen-bond acceptors (Lipinski definition) is 3. The first-order valence-corrected chi connectivity index (χ1v) is 5.11. The summed E-state index contributed by atoms with van der Waals surface area (Å²) in [5.41, 5.74) is 1.35. The van der Waals surface area contributed by atoms with Crippen LogP contribution in [-0.4, -0.2) is 38.1 Å². The Kier molecular flexibility index (Phi) is 7.95. The van der Waals surface area contributed by atoms with Crippen molar-refractivity contribution >= 4 is 29.2 Å². The first-order valence-electron chi connectivity index (χ1n) is 4.30. The molecule has 0 radical (unpaired) electrons. The average Bonchev–Trinajstić information content (AvgIpc) is 2.17. The SMILES string of the molecule is COC(=O)CCCN(C)CC(Cl)=CCl. The number of esters is 1. The van der Waals surface area contributed by atoms with Crippen LogP contribution >= 0.6 is 23.2 Å². The van der Waals surface area contributed by atoms with Gasteiger partial charge in [-0.25, -0.2) is 0 Å². The van der Waals surface area contributed by atoms with Crippen LogP contribution in [0.5, 0.6) is 0 Å². The highest BCUT2D eigenvalue weighted by Crippen LogP contribution is 2.05. The van der Waals surface area contributed by atoms with E-state index in [-0.39, 0.29) is 5.97 Å². The number of ether oxygens (including phenoxy) is 1. The Hall–Kier alpha value is -0.250. The van der Waals surface area contributed by atoms with Crippen molar-refractivity contribution in [2.45, 2.75) is 12.8 Å². The molecule has 0 aliphatic heterocycles. The quantitative estimate of drug-likeness (QED) is 0.666. The standard InChI is InChI=1S/C9H15Cl2NO2/c1-12(7-8(11)6-10)5-3-4-9(13)14-2/h6H,3-5,7H2,1-2H3. The molecule has 0 rings (SSSR count). The Balaban J connectivity index is 3.54. The molecule has 14 heavy (non-hydrogen) atoms. The van der Waals surface area contributed by atoms with Gasteiger partial charge in [-0.2, -0.15) is 0 Å². The molecule has 3 nitrogen and oxygen atoms in total. The van der Waals surface area contributed by atoms with Gasteiger partial charge in [-0.1, -0.05) is 23.2 Å². The third-order valence-electron chi connectivity index (χ3n) is 1.69. The third kappa shape index (κ3) is 7.18. The molecule has 0 spiro atoms. The largest absolute Gasteiger partial charge is 0.469 e. The van der Waals surface area contributed by atoms with E-state index in [9.17, 15) is 4.79 Å². The number of likely N-dealkylation sites (N-methyl/N-ethyl adjacent to an activating group) is 1.